The molecule has 2 aromatic rings. The van der Waals surface area contributed by atoms with Gasteiger partial charge in [-0.2, -0.15) is 4.98 Å². The maximum atomic E-state index is 12.5. The second kappa shape index (κ2) is 8.14. The maximum absolute atomic E-state index is 12.5. The fourth-order valence-electron chi connectivity index (χ4n) is 3.14. The van der Waals surface area contributed by atoms with Gasteiger partial charge in [-0.15, -0.1) is 0 Å². The zero-order valence-electron chi connectivity index (χ0n) is 15.0. The van der Waals surface area contributed by atoms with Gasteiger partial charge in [0.1, 0.15) is 6.54 Å². The summed E-state index contributed by atoms with van der Waals surface area (Å²) in [5.74, 6) is 1.01. The van der Waals surface area contributed by atoms with Gasteiger partial charge in [0, 0.05) is 18.2 Å². The molecule has 0 radical (unpaired) electrons. The Morgan fingerprint density at radius 1 is 1.24 bits per heavy atom. The minimum Gasteiger partial charge on any atom is -0.337 e. The van der Waals surface area contributed by atoms with Gasteiger partial charge in [-0.25, -0.2) is 4.79 Å². The van der Waals surface area contributed by atoms with Crippen molar-refractivity contribution in [3.63, 3.8) is 0 Å². The first-order chi connectivity index (χ1) is 12.2. The van der Waals surface area contributed by atoms with Gasteiger partial charge >= 0.3 is 6.03 Å². The Kier molecular flexibility index (Phi) is 5.68. The topological polar surface area (TPSA) is 71.3 Å². The van der Waals surface area contributed by atoms with Crippen molar-refractivity contribution in [1.29, 1.82) is 0 Å². The Bertz CT molecular complexity index is 690. The average Bonchev–Trinajstić information content (AvgIpc) is 3.09. The van der Waals surface area contributed by atoms with E-state index in [1.165, 1.54) is 24.8 Å². The third-order valence-electron chi connectivity index (χ3n) is 4.71. The maximum Gasteiger partial charge on any atom is 0.318 e. The molecule has 0 unspecified atom stereocenters. The highest BCUT2D eigenvalue weighted by Gasteiger charge is 2.21. The first kappa shape index (κ1) is 17.5. The molecular weight excluding hydrogens is 316 g/mol. The highest BCUT2D eigenvalue weighted by atomic mass is 16.5. The molecule has 0 aliphatic heterocycles. The van der Waals surface area contributed by atoms with E-state index in [4.69, 9.17) is 4.52 Å². The van der Waals surface area contributed by atoms with Gasteiger partial charge in [0.2, 0.25) is 11.7 Å². The lowest BCUT2D eigenvalue weighted by Crippen LogP contribution is -2.45. The number of benzene rings is 1. The van der Waals surface area contributed by atoms with Gasteiger partial charge in [-0.3, -0.25) is 0 Å². The molecule has 3 rings (SSSR count). The van der Waals surface area contributed by atoms with Crippen molar-refractivity contribution >= 4 is 6.03 Å². The minimum absolute atomic E-state index is 0.0514. The summed E-state index contributed by atoms with van der Waals surface area (Å²) in [6.07, 6.45) is 5.80. The molecule has 0 spiro atoms. The van der Waals surface area contributed by atoms with Crippen LogP contribution < -0.4 is 5.32 Å². The molecule has 1 aliphatic rings. The van der Waals surface area contributed by atoms with Gasteiger partial charge in [0.25, 0.3) is 0 Å². The van der Waals surface area contributed by atoms with E-state index in [0.29, 0.717) is 30.8 Å². The summed E-state index contributed by atoms with van der Waals surface area (Å²) < 4.78 is 5.34. The predicted octanol–water partition coefficient (Wildman–Crippen LogP) is 3.91. The van der Waals surface area contributed by atoms with Crippen molar-refractivity contribution in [2.75, 3.05) is 6.54 Å². The lowest BCUT2D eigenvalue weighted by Gasteiger charge is -2.26. The average molecular weight is 342 g/mol. The van der Waals surface area contributed by atoms with E-state index in [0.717, 1.165) is 18.4 Å². The number of nitrogens with one attached hydrogen (secondary N) is 1. The fraction of sp³-hybridized carbons (Fsp3) is 0.526. The number of rotatable bonds is 5. The van der Waals surface area contributed by atoms with Crippen molar-refractivity contribution in [2.45, 2.75) is 58.5 Å². The molecule has 0 saturated heterocycles. The quantitative estimate of drug-likeness (QED) is 0.894. The van der Waals surface area contributed by atoms with E-state index in [-0.39, 0.29) is 6.03 Å². The van der Waals surface area contributed by atoms with E-state index in [1.54, 1.807) is 4.90 Å². The molecule has 1 N–H and O–H groups in total. The number of nitrogens with zero attached hydrogens (tertiary/aromatic N) is 3. The van der Waals surface area contributed by atoms with E-state index in [2.05, 4.69) is 15.5 Å². The van der Waals surface area contributed by atoms with E-state index < -0.39 is 0 Å². The lowest BCUT2D eigenvalue weighted by molar-refractivity contribution is 0.182. The first-order valence-electron chi connectivity index (χ1n) is 9.10. The molecule has 6 heteroatoms. The van der Waals surface area contributed by atoms with Gasteiger partial charge in [-0.1, -0.05) is 54.2 Å². The molecular formula is C19H26N4O2. The third-order valence-corrected chi connectivity index (χ3v) is 4.71. The van der Waals surface area contributed by atoms with Crippen LogP contribution in [-0.2, 0) is 6.54 Å². The van der Waals surface area contributed by atoms with Crippen molar-refractivity contribution in [3.8, 4) is 11.4 Å². The number of amides is 2. The summed E-state index contributed by atoms with van der Waals surface area (Å²) in [5, 5.41) is 7.17. The Morgan fingerprint density at radius 2 is 1.96 bits per heavy atom. The number of aryl methyl sites for hydroxylation is 1. The van der Waals surface area contributed by atoms with Crippen LogP contribution in [-0.4, -0.2) is 33.7 Å². The minimum atomic E-state index is -0.0514. The van der Waals surface area contributed by atoms with Crippen LogP contribution in [0.5, 0.6) is 0 Å². The SMILES string of the molecule is CCN(Cc1nc(-c2ccc(C)cc2)no1)C(=O)NC1CCCCC1. The molecule has 1 aromatic carbocycles. The van der Waals surface area contributed by atoms with Crippen molar-refractivity contribution in [3.05, 3.63) is 35.7 Å². The summed E-state index contributed by atoms with van der Waals surface area (Å²) in [5.41, 5.74) is 2.10. The van der Waals surface area contributed by atoms with Crippen LogP contribution in [0.15, 0.2) is 28.8 Å². The number of hydrogen-bond acceptors (Lipinski definition) is 4. The molecule has 1 fully saturated rings. The first-order valence-corrected chi connectivity index (χ1v) is 9.10. The second-order valence-electron chi connectivity index (χ2n) is 6.68. The largest absolute Gasteiger partial charge is 0.337 e. The molecule has 1 heterocycles. The van der Waals surface area contributed by atoms with Crippen molar-refractivity contribution in [2.24, 2.45) is 0 Å². The van der Waals surface area contributed by atoms with Crippen LogP contribution >= 0.6 is 0 Å². The number of carbonyl (C=O) groups is 1. The molecule has 134 valence electrons. The predicted molar refractivity (Wildman–Crippen MR) is 96.0 cm³/mol. The highest BCUT2D eigenvalue weighted by molar-refractivity contribution is 5.74. The molecule has 1 saturated carbocycles. The molecule has 1 aliphatic carbocycles. The summed E-state index contributed by atoms with van der Waals surface area (Å²) in [7, 11) is 0. The van der Waals surface area contributed by atoms with Crippen molar-refractivity contribution < 1.29 is 9.32 Å². The smallest absolute Gasteiger partial charge is 0.318 e. The Balaban J connectivity index is 1.61. The molecule has 25 heavy (non-hydrogen) atoms. The molecule has 0 bridgehead atoms. The Hall–Kier alpha value is -2.37. The Morgan fingerprint density at radius 3 is 2.64 bits per heavy atom. The molecule has 0 atom stereocenters. The van der Waals surface area contributed by atoms with Gasteiger partial charge in [-0.05, 0) is 26.7 Å². The zero-order chi connectivity index (χ0) is 17.6. The zero-order valence-corrected chi connectivity index (χ0v) is 15.0. The summed E-state index contributed by atoms with van der Waals surface area (Å²) in [4.78, 5) is 18.6. The van der Waals surface area contributed by atoms with Gasteiger partial charge < -0.3 is 14.7 Å². The number of aromatic nitrogens is 2. The van der Waals surface area contributed by atoms with Crippen LogP contribution in [0.3, 0.4) is 0 Å². The van der Waals surface area contributed by atoms with Crippen LogP contribution in [0.25, 0.3) is 11.4 Å². The second-order valence-corrected chi connectivity index (χ2v) is 6.68. The number of urea groups is 1. The fourth-order valence-corrected chi connectivity index (χ4v) is 3.14. The molecule has 6 nitrogen and oxygen atoms in total. The molecule has 1 aromatic heterocycles. The van der Waals surface area contributed by atoms with Gasteiger partial charge in [0.05, 0.1) is 0 Å². The Labute approximate surface area is 148 Å². The monoisotopic (exact) mass is 342 g/mol. The van der Waals surface area contributed by atoms with E-state index >= 15 is 0 Å². The van der Waals surface area contributed by atoms with E-state index in [1.807, 2.05) is 38.1 Å². The summed E-state index contributed by atoms with van der Waals surface area (Å²) in [6, 6.07) is 8.21. The van der Waals surface area contributed by atoms with Gasteiger partial charge in [0.15, 0.2) is 0 Å². The third kappa shape index (κ3) is 4.59. The summed E-state index contributed by atoms with van der Waals surface area (Å²) >= 11 is 0. The van der Waals surface area contributed by atoms with Crippen LogP contribution in [0.1, 0.15) is 50.5 Å². The number of hydrogen-bond donors (Lipinski definition) is 1. The highest BCUT2D eigenvalue weighted by Crippen LogP contribution is 2.19. The van der Waals surface area contributed by atoms with Crippen LogP contribution in [0, 0.1) is 6.92 Å². The van der Waals surface area contributed by atoms with Crippen molar-refractivity contribution in [1.82, 2.24) is 20.4 Å². The lowest BCUT2D eigenvalue weighted by atomic mass is 9.96. The van der Waals surface area contributed by atoms with Crippen LogP contribution in [0.4, 0.5) is 4.79 Å². The van der Waals surface area contributed by atoms with E-state index in [9.17, 15) is 4.79 Å². The summed E-state index contributed by atoms with van der Waals surface area (Å²) in [6.45, 7) is 4.92. The number of carbonyl (C=O) groups excluding carboxylic acids is 1. The van der Waals surface area contributed by atoms with Crippen LogP contribution in [0.2, 0.25) is 0 Å². The standard InChI is InChI=1S/C19H26N4O2/c1-3-23(19(24)20-16-7-5-4-6-8-16)13-17-21-18(22-25-17)15-11-9-14(2)10-12-15/h9-12,16H,3-8,13H2,1-2H3,(H,20,24). The normalized spacial score (nSPS) is 15.1. The molecule has 2 amide bonds.